The third-order valence-electron chi connectivity index (χ3n) is 5.96. The molecular weight excluding hydrogens is 256 g/mol. The quantitative estimate of drug-likeness (QED) is 0.914. The Balaban J connectivity index is 1.74. The zero-order chi connectivity index (χ0) is 14.7. The van der Waals surface area contributed by atoms with E-state index in [2.05, 4.69) is 36.2 Å². The molecule has 1 aromatic rings. The molecule has 1 fully saturated rings. The van der Waals surface area contributed by atoms with Gasteiger partial charge in [0, 0.05) is 18.6 Å². The largest absolute Gasteiger partial charge is 0.329 e. The molecule has 2 aliphatic rings. The summed E-state index contributed by atoms with van der Waals surface area (Å²) in [6.45, 7) is 1.99. The van der Waals surface area contributed by atoms with Gasteiger partial charge in [-0.3, -0.25) is 4.90 Å². The highest BCUT2D eigenvalue weighted by molar-refractivity contribution is 5.32. The van der Waals surface area contributed by atoms with Crippen molar-refractivity contribution in [3.63, 3.8) is 0 Å². The average Bonchev–Trinajstić information content (AvgIpc) is 2.56. The Morgan fingerprint density at radius 3 is 2.67 bits per heavy atom. The average molecular weight is 286 g/mol. The van der Waals surface area contributed by atoms with Gasteiger partial charge in [0.05, 0.1) is 0 Å². The van der Waals surface area contributed by atoms with Crippen molar-refractivity contribution in [3.05, 3.63) is 35.4 Å². The first-order chi connectivity index (χ1) is 10.2. The fraction of sp³-hybridized carbons (Fsp3) is 0.684. The van der Waals surface area contributed by atoms with Crippen LogP contribution in [0.1, 0.15) is 62.0 Å². The van der Waals surface area contributed by atoms with Crippen molar-refractivity contribution < 1.29 is 0 Å². The zero-order valence-electron chi connectivity index (χ0n) is 13.5. The van der Waals surface area contributed by atoms with Crippen molar-refractivity contribution in [2.45, 2.75) is 62.8 Å². The van der Waals surface area contributed by atoms with Crippen molar-refractivity contribution in [2.24, 2.45) is 5.73 Å². The van der Waals surface area contributed by atoms with Crippen molar-refractivity contribution in [3.8, 4) is 0 Å². The van der Waals surface area contributed by atoms with Gasteiger partial charge in [0.1, 0.15) is 0 Å². The lowest BCUT2D eigenvalue weighted by Gasteiger charge is -2.46. The molecule has 1 atom stereocenters. The Kier molecular flexibility index (Phi) is 4.66. The molecular formula is C19H30N2. The number of hydrogen-bond acceptors (Lipinski definition) is 2. The molecule has 2 aliphatic carbocycles. The smallest absolute Gasteiger partial charge is 0.0328 e. The van der Waals surface area contributed by atoms with E-state index in [1.54, 1.807) is 11.1 Å². The molecule has 2 nitrogen and oxygen atoms in total. The molecule has 1 saturated carbocycles. The first kappa shape index (κ1) is 15.1. The van der Waals surface area contributed by atoms with Gasteiger partial charge >= 0.3 is 0 Å². The molecule has 0 aliphatic heterocycles. The summed E-state index contributed by atoms with van der Waals surface area (Å²) >= 11 is 0. The van der Waals surface area contributed by atoms with Crippen LogP contribution >= 0.6 is 0 Å². The fourth-order valence-electron chi connectivity index (χ4n) is 4.52. The van der Waals surface area contributed by atoms with E-state index in [0.717, 1.165) is 6.54 Å². The van der Waals surface area contributed by atoms with E-state index in [1.165, 1.54) is 57.9 Å². The summed E-state index contributed by atoms with van der Waals surface area (Å²) in [5.74, 6) is 0.699. The standard InChI is InChI=1S/C19H30N2/c1-21(19(15-20)12-5-2-6-13-19)14-17-10-7-9-16-8-3-4-11-18(16)17/h3-4,8,11,17H,2,5-7,9-10,12-15,20H2,1H3. The number of rotatable bonds is 4. The van der Waals surface area contributed by atoms with Gasteiger partial charge in [-0.1, -0.05) is 43.5 Å². The van der Waals surface area contributed by atoms with Crippen molar-refractivity contribution >= 4 is 0 Å². The van der Waals surface area contributed by atoms with Gasteiger partial charge in [-0.15, -0.1) is 0 Å². The molecule has 0 aromatic heterocycles. The minimum atomic E-state index is 0.268. The summed E-state index contributed by atoms with van der Waals surface area (Å²) in [4.78, 5) is 2.61. The number of benzene rings is 1. The van der Waals surface area contributed by atoms with Crippen LogP contribution in [0.15, 0.2) is 24.3 Å². The van der Waals surface area contributed by atoms with Gasteiger partial charge in [-0.2, -0.15) is 0 Å². The Hall–Kier alpha value is -0.860. The van der Waals surface area contributed by atoms with Gasteiger partial charge in [0.25, 0.3) is 0 Å². The minimum absolute atomic E-state index is 0.268. The van der Waals surface area contributed by atoms with Crippen LogP contribution in [-0.2, 0) is 6.42 Å². The number of nitrogens with zero attached hydrogens (tertiary/aromatic N) is 1. The Bertz CT molecular complexity index is 462. The molecule has 2 N–H and O–H groups in total. The molecule has 0 amide bonds. The number of aryl methyl sites for hydroxylation is 1. The zero-order valence-corrected chi connectivity index (χ0v) is 13.5. The fourth-order valence-corrected chi connectivity index (χ4v) is 4.52. The molecule has 0 spiro atoms. The molecule has 0 bridgehead atoms. The molecule has 0 saturated heterocycles. The van der Waals surface area contributed by atoms with Gasteiger partial charge < -0.3 is 5.73 Å². The maximum atomic E-state index is 6.20. The third kappa shape index (κ3) is 3.02. The monoisotopic (exact) mass is 286 g/mol. The van der Waals surface area contributed by atoms with Crippen LogP contribution in [0.2, 0.25) is 0 Å². The van der Waals surface area contributed by atoms with Crippen LogP contribution in [0, 0.1) is 0 Å². The van der Waals surface area contributed by atoms with Crippen LogP contribution in [0.5, 0.6) is 0 Å². The Morgan fingerprint density at radius 1 is 1.14 bits per heavy atom. The lowest BCUT2D eigenvalue weighted by atomic mass is 9.78. The van der Waals surface area contributed by atoms with Crippen LogP contribution in [0.25, 0.3) is 0 Å². The van der Waals surface area contributed by atoms with Gasteiger partial charge in [-0.05, 0) is 56.2 Å². The second kappa shape index (κ2) is 6.50. The topological polar surface area (TPSA) is 29.3 Å². The third-order valence-corrected chi connectivity index (χ3v) is 5.96. The lowest BCUT2D eigenvalue weighted by Crippen LogP contribution is -2.54. The Labute approximate surface area is 129 Å². The predicted octanol–water partition coefficient (Wildman–Crippen LogP) is 3.70. The highest BCUT2D eigenvalue weighted by atomic mass is 15.2. The van der Waals surface area contributed by atoms with Crippen molar-refractivity contribution in [2.75, 3.05) is 20.1 Å². The summed E-state index contributed by atoms with van der Waals surface area (Å²) < 4.78 is 0. The Morgan fingerprint density at radius 2 is 1.90 bits per heavy atom. The van der Waals surface area contributed by atoms with E-state index >= 15 is 0 Å². The van der Waals surface area contributed by atoms with Crippen LogP contribution in [0.3, 0.4) is 0 Å². The van der Waals surface area contributed by atoms with E-state index in [-0.39, 0.29) is 5.54 Å². The second-order valence-corrected chi connectivity index (χ2v) is 7.16. The molecule has 3 rings (SSSR count). The first-order valence-corrected chi connectivity index (χ1v) is 8.74. The highest BCUT2D eigenvalue weighted by Crippen LogP contribution is 2.37. The van der Waals surface area contributed by atoms with Gasteiger partial charge in [0.15, 0.2) is 0 Å². The molecule has 21 heavy (non-hydrogen) atoms. The number of nitrogens with two attached hydrogens (primary N) is 1. The van der Waals surface area contributed by atoms with E-state index in [0.29, 0.717) is 5.92 Å². The van der Waals surface area contributed by atoms with Crippen molar-refractivity contribution in [1.82, 2.24) is 4.90 Å². The van der Waals surface area contributed by atoms with Crippen LogP contribution in [-0.4, -0.2) is 30.6 Å². The molecule has 0 heterocycles. The summed E-state index contributed by atoms with van der Waals surface area (Å²) in [5.41, 5.74) is 9.64. The van der Waals surface area contributed by atoms with Crippen LogP contribution in [0.4, 0.5) is 0 Å². The lowest BCUT2D eigenvalue weighted by molar-refractivity contribution is 0.0747. The van der Waals surface area contributed by atoms with E-state index in [1.807, 2.05) is 0 Å². The van der Waals surface area contributed by atoms with Gasteiger partial charge in [-0.25, -0.2) is 0 Å². The first-order valence-electron chi connectivity index (χ1n) is 8.74. The SMILES string of the molecule is CN(CC1CCCc2ccccc21)C1(CN)CCCCC1. The number of hydrogen-bond donors (Lipinski definition) is 1. The number of likely N-dealkylation sites (N-methyl/N-ethyl adjacent to an activating group) is 1. The maximum Gasteiger partial charge on any atom is 0.0328 e. The second-order valence-electron chi connectivity index (χ2n) is 7.16. The number of fused-ring (bicyclic) bond motifs is 1. The minimum Gasteiger partial charge on any atom is -0.329 e. The summed E-state index contributed by atoms with van der Waals surface area (Å²) in [6, 6.07) is 9.06. The van der Waals surface area contributed by atoms with Gasteiger partial charge in [0.2, 0.25) is 0 Å². The molecule has 116 valence electrons. The summed E-state index contributed by atoms with van der Waals surface area (Å²) in [5, 5.41) is 0. The van der Waals surface area contributed by atoms with E-state index < -0.39 is 0 Å². The summed E-state index contributed by atoms with van der Waals surface area (Å²) in [6.07, 6.45) is 10.6. The summed E-state index contributed by atoms with van der Waals surface area (Å²) in [7, 11) is 2.31. The van der Waals surface area contributed by atoms with Crippen LogP contribution < -0.4 is 5.73 Å². The molecule has 1 aromatic carbocycles. The predicted molar refractivity (Wildman–Crippen MR) is 89.6 cm³/mol. The highest BCUT2D eigenvalue weighted by Gasteiger charge is 2.36. The maximum absolute atomic E-state index is 6.20. The normalized spacial score (nSPS) is 24.8. The molecule has 1 unspecified atom stereocenters. The van der Waals surface area contributed by atoms with E-state index in [9.17, 15) is 0 Å². The van der Waals surface area contributed by atoms with Crippen molar-refractivity contribution in [1.29, 1.82) is 0 Å². The van der Waals surface area contributed by atoms with E-state index in [4.69, 9.17) is 5.73 Å². The molecule has 2 heteroatoms. The molecule has 0 radical (unpaired) electrons.